The molecule has 5 aromatic rings. The quantitative estimate of drug-likeness (QED) is 0.222. The van der Waals surface area contributed by atoms with E-state index in [4.69, 9.17) is 16.3 Å². The van der Waals surface area contributed by atoms with Crippen LogP contribution >= 0.6 is 22.9 Å². The molecule has 0 unspecified atom stereocenters. The Balaban J connectivity index is 1.25. The molecule has 0 radical (unpaired) electrons. The Kier molecular flexibility index (Phi) is 7.18. The van der Waals surface area contributed by atoms with Gasteiger partial charge in [0.25, 0.3) is 0 Å². The van der Waals surface area contributed by atoms with Crippen molar-refractivity contribution in [2.75, 3.05) is 18.9 Å². The topological polar surface area (TPSA) is 97.1 Å². The van der Waals surface area contributed by atoms with Crippen molar-refractivity contribution in [2.24, 2.45) is 0 Å². The number of benzene rings is 2. The third kappa shape index (κ3) is 5.20. The lowest BCUT2D eigenvalue weighted by molar-refractivity contribution is 0.148. The number of hydrogen-bond acceptors (Lipinski definition) is 8. The molecule has 0 amide bonds. The van der Waals surface area contributed by atoms with Crippen molar-refractivity contribution in [3.05, 3.63) is 82.6 Å². The molecule has 0 saturated carbocycles. The minimum atomic E-state index is -0.505. The zero-order chi connectivity index (χ0) is 26.9. The first-order valence-corrected chi connectivity index (χ1v) is 13.8. The summed E-state index contributed by atoms with van der Waals surface area (Å²) in [4.78, 5) is 11.1. The zero-order valence-electron chi connectivity index (χ0n) is 21.1. The van der Waals surface area contributed by atoms with Crippen molar-refractivity contribution in [2.45, 2.75) is 32.1 Å². The summed E-state index contributed by atoms with van der Waals surface area (Å²) in [5.74, 6) is 0.917. The van der Waals surface area contributed by atoms with Crippen LogP contribution in [0, 0.1) is 5.82 Å². The lowest BCUT2D eigenvalue weighted by atomic mass is 9.95. The fourth-order valence-electron chi connectivity index (χ4n) is 4.93. The standard InChI is InChI=1S/C28H26ClFN6O2S/c1-31-11-19(37)13-36-23-7-6-20-25-27(32-15-33-28(25)39-26(20)21(23)12-34-36)35-18-5-8-24(22(29)10-18)38-14-16-3-2-4-17(30)9-16/h2-5,8-10,12,15,19,31,37H,6-7,11,13-14H2,1H3,(H,32,33,35)/t19-/m1/s1. The molecule has 1 aliphatic carbocycles. The van der Waals surface area contributed by atoms with Gasteiger partial charge in [-0.05, 0) is 61.3 Å². The van der Waals surface area contributed by atoms with Crippen molar-refractivity contribution in [3.8, 4) is 16.2 Å². The fraction of sp³-hybridized carbons (Fsp3) is 0.250. The summed E-state index contributed by atoms with van der Waals surface area (Å²) in [6, 6.07) is 11.7. The number of nitrogens with one attached hydrogen (secondary N) is 2. The number of nitrogens with zero attached hydrogens (tertiary/aromatic N) is 4. The van der Waals surface area contributed by atoms with E-state index in [9.17, 15) is 9.50 Å². The van der Waals surface area contributed by atoms with Crippen LogP contribution in [-0.2, 0) is 26.0 Å². The van der Waals surface area contributed by atoms with Crippen LogP contribution in [0.5, 0.6) is 5.75 Å². The lowest BCUT2D eigenvalue weighted by Gasteiger charge is -2.17. The van der Waals surface area contributed by atoms with Gasteiger partial charge in [-0.1, -0.05) is 23.7 Å². The first kappa shape index (κ1) is 25.7. The molecule has 6 rings (SSSR count). The van der Waals surface area contributed by atoms with Crippen molar-refractivity contribution >= 4 is 44.7 Å². The Morgan fingerprint density at radius 2 is 2.10 bits per heavy atom. The minimum Gasteiger partial charge on any atom is -0.487 e. The first-order chi connectivity index (χ1) is 19.0. The summed E-state index contributed by atoms with van der Waals surface area (Å²) in [6.45, 7) is 1.17. The maximum Gasteiger partial charge on any atom is 0.142 e. The predicted octanol–water partition coefficient (Wildman–Crippen LogP) is 5.35. The SMILES string of the molecule is CNC[C@@H](O)Cn1ncc2c1CCc1c-2sc2ncnc(Nc3ccc(OCc4cccc(F)c4)c(Cl)c3)c12. The summed E-state index contributed by atoms with van der Waals surface area (Å²) >= 11 is 8.15. The Morgan fingerprint density at radius 3 is 2.92 bits per heavy atom. The van der Waals surface area contributed by atoms with Gasteiger partial charge in [-0.2, -0.15) is 5.10 Å². The largest absolute Gasteiger partial charge is 0.487 e. The van der Waals surface area contributed by atoms with Gasteiger partial charge in [0.1, 0.15) is 35.1 Å². The summed E-state index contributed by atoms with van der Waals surface area (Å²) < 4.78 is 21.2. The number of aromatic nitrogens is 4. The molecule has 2 aromatic carbocycles. The molecule has 3 aromatic heterocycles. The van der Waals surface area contributed by atoms with E-state index in [1.54, 1.807) is 41.9 Å². The van der Waals surface area contributed by atoms with Crippen LogP contribution in [0.1, 0.15) is 16.8 Å². The minimum absolute atomic E-state index is 0.213. The van der Waals surface area contributed by atoms with Gasteiger partial charge in [0, 0.05) is 28.4 Å². The summed E-state index contributed by atoms with van der Waals surface area (Å²) in [7, 11) is 1.82. The molecule has 3 N–H and O–H groups in total. The second kappa shape index (κ2) is 10.9. The molecule has 0 fully saturated rings. The lowest BCUT2D eigenvalue weighted by Crippen LogP contribution is -2.29. The average molecular weight is 565 g/mol. The molecule has 39 heavy (non-hydrogen) atoms. The van der Waals surface area contributed by atoms with Crippen molar-refractivity contribution in [3.63, 3.8) is 0 Å². The van der Waals surface area contributed by atoms with Gasteiger partial charge in [-0.3, -0.25) is 4.68 Å². The molecule has 1 aliphatic rings. The van der Waals surface area contributed by atoms with Crippen molar-refractivity contribution < 1.29 is 14.2 Å². The van der Waals surface area contributed by atoms with Crippen LogP contribution < -0.4 is 15.4 Å². The third-order valence-electron chi connectivity index (χ3n) is 6.69. The van der Waals surface area contributed by atoms with E-state index < -0.39 is 6.10 Å². The molecule has 200 valence electrons. The molecule has 0 saturated heterocycles. The summed E-state index contributed by atoms with van der Waals surface area (Å²) in [5.41, 5.74) is 4.90. The van der Waals surface area contributed by atoms with Gasteiger partial charge in [0.05, 0.1) is 29.3 Å². The van der Waals surface area contributed by atoms with E-state index in [1.165, 1.54) is 17.7 Å². The maximum atomic E-state index is 13.5. The fourth-order valence-corrected chi connectivity index (χ4v) is 6.38. The zero-order valence-corrected chi connectivity index (χ0v) is 22.7. The summed E-state index contributed by atoms with van der Waals surface area (Å²) in [5, 5.41) is 22.7. The number of fused-ring (bicyclic) bond motifs is 5. The summed E-state index contributed by atoms with van der Waals surface area (Å²) in [6.07, 6.45) is 4.58. The van der Waals surface area contributed by atoms with Crippen LogP contribution in [0.4, 0.5) is 15.9 Å². The Labute approximate surface area is 233 Å². The number of aliphatic hydroxyl groups excluding tert-OH is 1. The molecule has 0 aliphatic heterocycles. The first-order valence-electron chi connectivity index (χ1n) is 12.6. The highest BCUT2D eigenvalue weighted by molar-refractivity contribution is 7.22. The number of likely N-dealkylation sites (N-methyl/N-ethyl adjacent to an activating group) is 1. The number of rotatable bonds is 9. The van der Waals surface area contributed by atoms with Gasteiger partial charge in [-0.25, -0.2) is 14.4 Å². The maximum absolute atomic E-state index is 13.5. The molecule has 8 nitrogen and oxygen atoms in total. The number of halogens is 2. The monoisotopic (exact) mass is 564 g/mol. The molecule has 11 heteroatoms. The molecule has 3 heterocycles. The highest BCUT2D eigenvalue weighted by atomic mass is 35.5. The van der Waals surface area contributed by atoms with E-state index in [-0.39, 0.29) is 12.4 Å². The van der Waals surface area contributed by atoms with Crippen molar-refractivity contribution in [1.82, 2.24) is 25.1 Å². The Bertz CT molecular complexity index is 1650. The van der Waals surface area contributed by atoms with Gasteiger partial charge in [0.2, 0.25) is 0 Å². The van der Waals surface area contributed by atoms with Crippen LogP contribution in [0.2, 0.25) is 5.02 Å². The Hall–Kier alpha value is -3.57. The second-order valence-electron chi connectivity index (χ2n) is 9.40. The van der Waals surface area contributed by atoms with Crippen LogP contribution in [0.25, 0.3) is 20.7 Å². The number of thiophene rings is 1. The van der Waals surface area contributed by atoms with Crippen LogP contribution in [0.15, 0.2) is 55.0 Å². The van der Waals surface area contributed by atoms with Gasteiger partial charge >= 0.3 is 0 Å². The molecule has 0 bridgehead atoms. The van der Waals surface area contributed by atoms with E-state index in [0.29, 0.717) is 29.7 Å². The normalized spacial score (nSPS) is 13.2. The Morgan fingerprint density at radius 1 is 1.21 bits per heavy atom. The smallest absolute Gasteiger partial charge is 0.142 e. The predicted molar refractivity (Wildman–Crippen MR) is 151 cm³/mol. The number of hydrogen-bond donors (Lipinski definition) is 3. The van der Waals surface area contributed by atoms with E-state index in [2.05, 4.69) is 25.7 Å². The van der Waals surface area contributed by atoms with Gasteiger partial charge in [-0.15, -0.1) is 11.3 Å². The van der Waals surface area contributed by atoms with Crippen molar-refractivity contribution in [1.29, 1.82) is 0 Å². The van der Waals surface area contributed by atoms with Gasteiger partial charge < -0.3 is 20.5 Å². The second-order valence-corrected chi connectivity index (χ2v) is 10.8. The highest BCUT2D eigenvalue weighted by Gasteiger charge is 2.27. The highest BCUT2D eigenvalue weighted by Crippen LogP contribution is 2.45. The van der Waals surface area contributed by atoms with Gasteiger partial charge in [0.15, 0.2) is 0 Å². The average Bonchev–Trinajstić information content (AvgIpc) is 3.50. The van der Waals surface area contributed by atoms with E-state index in [1.807, 2.05) is 24.0 Å². The number of aryl methyl sites for hydroxylation is 1. The van der Waals surface area contributed by atoms with Crippen LogP contribution in [-0.4, -0.2) is 44.6 Å². The van der Waals surface area contributed by atoms with Crippen LogP contribution in [0.3, 0.4) is 0 Å². The molecular weight excluding hydrogens is 539 g/mol. The molecule has 1 atom stereocenters. The number of ether oxygens (including phenoxy) is 1. The molecule has 0 spiro atoms. The van der Waals surface area contributed by atoms with E-state index >= 15 is 0 Å². The number of aliphatic hydroxyl groups is 1. The number of anilines is 2. The molecular formula is C28H26ClFN6O2S. The third-order valence-corrected chi connectivity index (χ3v) is 8.16. The van der Waals surface area contributed by atoms with E-state index in [0.717, 1.165) is 50.4 Å².